The fourth-order valence-electron chi connectivity index (χ4n) is 2.68. The quantitative estimate of drug-likeness (QED) is 0.393. The fourth-order valence-corrected chi connectivity index (χ4v) is 2.68. The smallest absolute Gasteiger partial charge is 0.325 e. The lowest BCUT2D eigenvalue weighted by Crippen LogP contribution is -2.20. The van der Waals surface area contributed by atoms with Crippen molar-refractivity contribution in [2.75, 3.05) is 13.1 Å². The molecule has 2 aromatic carbocycles. The highest BCUT2D eigenvalue weighted by molar-refractivity contribution is 5.80. The summed E-state index contributed by atoms with van der Waals surface area (Å²) in [5.41, 5.74) is 14.0. The van der Waals surface area contributed by atoms with Gasteiger partial charge in [0.2, 0.25) is 0 Å². The topological polar surface area (TPSA) is 105 Å². The lowest BCUT2D eigenvalue weighted by Gasteiger charge is -2.14. The van der Waals surface area contributed by atoms with Gasteiger partial charge in [-0.1, -0.05) is 24.3 Å². The van der Waals surface area contributed by atoms with E-state index < -0.39 is 11.9 Å². The standard InChI is InChI=1S/C22H24N2O4/c1-3-5-15-7-9-20(28-22(26)14-24)18(11-15)16-8-10-19(27-21(25)13-23)17(12-16)6-4-2/h3-4,7-12H,1-2,5-6,13-14,23-24H2. The average Bonchev–Trinajstić information content (AvgIpc) is 2.70. The Morgan fingerprint density at radius 2 is 1.46 bits per heavy atom. The molecule has 0 spiro atoms. The second-order valence-corrected chi connectivity index (χ2v) is 6.00. The zero-order chi connectivity index (χ0) is 20.5. The van der Waals surface area contributed by atoms with Gasteiger partial charge in [0.15, 0.2) is 0 Å². The van der Waals surface area contributed by atoms with Crippen LogP contribution in [0, 0.1) is 0 Å². The molecular weight excluding hydrogens is 356 g/mol. The Balaban J connectivity index is 2.53. The van der Waals surface area contributed by atoms with E-state index in [0.29, 0.717) is 24.3 Å². The average molecular weight is 380 g/mol. The second-order valence-electron chi connectivity index (χ2n) is 6.00. The fraction of sp³-hybridized carbons (Fsp3) is 0.182. The summed E-state index contributed by atoms with van der Waals surface area (Å²) < 4.78 is 10.7. The summed E-state index contributed by atoms with van der Waals surface area (Å²) in [6, 6.07) is 10.9. The maximum absolute atomic E-state index is 11.7. The molecule has 0 unspecified atom stereocenters. The highest BCUT2D eigenvalue weighted by Gasteiger charge is 2.14. The number of allylic oxidation sites excluding steroid dienone is 2. The van der Waals surface area contributed by atoms with Gasteiger partial charge in [0, 0.05) is 5.56 Å². The van der Waals surface area contributed by atoms with Gasteiger partial charge >= 0.3 is 11.9 Å². The predicted molar refractivity (Wildman–Crippen MR) is 109 cm³/mol. The summed E-state index contributed by atoms with van der Waals surface area (Å²) >= 11 is 0. The third-order valence-electron chi connectivity index (χ3n) is 3.94. The molecule has 0 atom stereocenters. The molecule has 0 bridgehead atoms. The van der Waals surface area contributed by atoms with Gasteiger partial charge in [-0.15, -0.1) is 13.2 Å². The molecule has 146 valence electrons. The van der Waals surface area contributed by atoms with Crippen LogP contribution in [0.25, 0.3) is 11.1 Å². The number of nitrogens with two attached hydrogens (primary N) is 2. The van der Waals surface area contributed by atoms with Crippen LogP contribution < -0.4 is 20.9 Å². The van der Waals surface area contributed by atoms with Crippen molar-refractivity contribution in [2.24, 2.45) is 11.5 Å². The molecule has 6 nitrogen and oxygen atoms in total. The van der Waals surface area contributed by atoms with Crippen LogP contribution in [0.3, 0.4) is 0 Å². The van der Waals surface area contributed by atoms with Gasteiger partial charge in [-0.05, 0) is 53.8 Å². The molecule has 0 aliphatic carbocycles. The van der Waals surface area contributed by atoms with Crippen LogP contribution in [0.1, 0.15) is 11.1 Å². The predicted octanol–water partition coefficient (Wildman–Crippen LogP) is 2.54. The van der Waals surface area contributed by atoms with Crippen LogP contribution >= 0.6 is 0 Å². The number of hydrogen-bond acceptors (Lipinski definition) is 6. The molecule has 0 saturated heterocycles. The number of ether oxygens (including phenoxy) is 2. The third-order valence-corrected chi connectivity index (χ3v) is 3.94. The summed E-state index contributed by atoms with van der Waals surface area (Å²) in [5, 5.41) is 0. The molecule has 0 saturated carbocycles. The van der Waals surface area contributed by atoms with Crippen LogP contribution in [0.5, 0.6) is 11.5 Å². The molecule has 0 aliphatic heterocycles. The third kappa shape index (κ3) is 5.39. The monoisotopic (exact) mass is 380 g/mol. The first kappa shape index (κ1) is 21.1. The Morgan fingerprint density at radius 3 is 2.07 bits per heavy atom. The molecule has 0 radical (unpaired) electrons. The summed E-state index contributed by atoms with van der Waals surface area (Å²) in [5.74, 6) is -0.234. The number of carbonyl (C=O) groups is 2. The van der Waals surface area contributed by atoms with Gasteiger partial charge in [-0.25, -0.2) is 0 Å². The maximum Gasteiger partial charge on any atom is 0.325 e. The molecular formula is C22H24N2O4. The van der Waals surface area contributed by atoms with Crippen molar-refractivity contribution in [3.63, 3.8) is 0 Å². The zero-order valence-electron chi connectivity index (χ0n) is 15.6. The van der Waals surface area contributed by atoms with E-state index in [1.165, 1.54) is 0 Å². The Labute approximate surface area is 164 Å². The zero-order valence-corrected chi connectivity index (χ0v) is 15.6. The lowest BCUT2D eigenvalue weighted by atomic mass is 9.97. The molecule has 0 amide bonds. The van der Waals surface area contributed by atoms with Crippen LogP contribution in [-0.4, -0.2) is 25.0 Å². The van der Waals surface area contributed by atoms with Crippen molar-refractivity contribution in [1.29, 1.82) is 0 Å². The van der Waals surface area contributed by atoms with Gasteiger partial charge in [0.1, 0.15) is 11.5 Å². The van der Waals surface area contributed by atoms with E-state index in [4.69, 9.17) is 20.9 Å². The minimum Gasteiger partial charge on any atom is -0.425 e. The van der Waals surface area contributed by atoms with E-state index in [1.807, 2.05) is 18.2 Å². The number of benzene rings is 2. The van der Waals surface area contributed by atoms with E-state index in [2.05, 4.69) is 13.2 Å². The van der Waals surface area contributed by atoms with Crippen LogP contribution in [0.4, 0.5) is 0 Å². The van der Waals surface area contributed by atoms with Gasteiger partial charge < -0.3 is 20.9 Å². The Kier molecular flexibility index (Phi) is 7.68. The van der Waals surface area contributed by atoms with E-state index in [-0.39, 0.29) is 13.1 Å². The molecule has 0 aromatic heterocycles. The summed E-state index contributed by atoms with van der Waals surface area (Å²) in [4.78, 5) is 23.3. The maximum atomic E-state index is 11.7. The SMILES string of the molecule is C=CCc1ccc(OC(=O)CN)c(-c2ccc(OC(=O)CN)c(CC=C)c2)c1. The van der Waals surface area contributed by atoms with E-state index in [1.54, 1.807) is 30.4 Å². The van der Waals surface area contributed by atoms with Crippen LogP contribution in [0.2, 0.25) is 0 Å². The van der Waals surface area contributed by atoms with Crippen molar-refractivity contribution < 1.29 is 19.1 Å². The van der Waals surface area contributed by atoms with Crippen LogP contribution in [-0.2, 0) is 22.4 Å². The molecule has 0 fully saturated rings. The Morgan fingerprint density at radius 1 is 0.857 bits per heavy atom. The molecule has 0 heterocycles. The van der Waals surface area contributed by atoms with Crippen molar-refractivity contribution in [3.05, 3.63) is 72.8 Å². The highest BCUT2D eigenvalue weighted by Crippen LogP contribution is 2.34. The lowest BCUT2D eigenvalue weighted by molar-refractivity contribution is -0.133. The van der Waals surface area contributed by atoms with Crippen molar-refractivity contribution in [3.8, 4) is 22.6 Å². The van der Waals surface area contributed by atoms with E-state index in [9.17, 15) is 9.59 Å². The molecule has 2 aromatic rings. The van der Waals surface area contributed by atoms with Gasteiger partial charge in [-0.3, -0.25) is 9.59 Å². The molecule has 2 rings (SSSR count). The molecule has 0 aliphatic rings. The second kappa shape index (κ2) is 10.2. The van der Waals surface area contributed by atoms with Crippen molar-refractivity contribution in [1.82, 2.24) is 0 Å². The van der Waals surface area contributed by atoms with E-state index >= 15 is 0 Å². The number of carbonyl (C=O) groups excluding carboxylic acids is 2. The molecule has 28 heavy (non-hydrogen) atoms. The van der Waals surface area contributed by atoms with Crippen molar-refractivity contribution >= 4 is 11.9 Å². The first-order chi connectivity index (χ1) is 13.5. The minimum atomic E-state index is -0.530. The number of esters is 2. The van der Waals surface area contributed by atoms with Crippen molar-refractivity contribution in [2.45, 2.75) is 12.8 Å². The normalized spacial score (nSPS) is 10.2. The summed E-state index contributed by atoms with van der Waals surface area (Å²) in [6.45, 7) is 7.07. The highest BCUT2D eigenvalue weighted by atomic mass is 16.5. The first-order valence-electron chi connectivity index (χ1n) is 8.81. The molecule has 4 N–H and O–H groups in total. The van der Waals surface area contributed by atoms with Gasteiger partial charge in [-0.2, -0.15) is 0 Å². The summed E-state index contributed by atoms with van der Waals surface area (Å²) in [6.07, 6.45) is 4.67. The summed E-state index contributed by atoms with van der Waals surface area (Å²) in [7, 11) is 0. The Hall–Kier alpha value is -3.22. The van der Waals surface area contributed by atoms with E-state index in [0.717, 1.165) is 22.3 Å². The first-order valence-corrected chi connectivity index (χ1v) is 8.81. The number of rotatable bonds is 9. The van der Waals surface area contributed by atoms with Gasteiger partial charge in [0.25, 0.3) is 0 Å². The van der Waals surface area contributed by atoms with Crippen LogP contribution in [0.15, 0.2) is 61.7 Å². The van der Waals surface area contributed by atoms with Gasteiger partial charge in [0.05, 0.1) is 13.1 Å². The molecule has 6 heteroatoms. The Bertz CT molecular complexity index is 890. The largest absolute Gasteiger partial charge is 0.425 e. The minimum absolute atomic E-state index is 0.210. The number of hydrogen-bond donors (Lipinski definition) is 2.